The van der Waals surface area contributed by atoms with Crippen LogP contribution in [0.15, 0.2) is 11.6 Å². The lowest BCUT2D eigenvalue weighted by Gasteiger charge is -2.63. The van der Waals surface area contributed by atoms with Crippen LogP contribution in [0.4, 0.5) is 4.39 Å². The summed E-state index contributed by atoms with van der Waals surface area (Å²) in [5.74, 6) is -1.86. The summed E-state index contributed by atoms with van der Waals surface area (Å²) >= 11 is 6.05. The van der Waals surface area contributed by atoms with Gasteiger partial charge in [-0.05, 0) is 55.9 Å². The molecule has 0 aromatic heterocycles. The summed E-state index contributed by atoms with van der Waals surface area (Å²) in [5, 5.41) is 9.24. The second-order valence-corrected chi connectivity index (χ2v) is 11.7. The van der Waals surface area contributed by atoms with Gasteiger partial charge in [-0.2, -0.15) is 0 Å². The fourth-order valence-electron chi connectivity index (χ4n) is 8.46. The molecule has 4 aliphatic rings. The zero-order valence-electron chi connectivity index (χ0n) is 20.1. The fourth-order valence-corrected chi connectivity index (χ4v) is 8.66. The fraction of sp³-hybridized carbons (Fsp3) is 0.808. The molecule has 3 fully saturated rings. The molecule has 0 aromatic rings. The molecule has 4 rings (SSSR count). The first-order chi connectivity index (χ1) is 15.4. The minimum absolute atomic E-state index is 0.0708. The van der Waals surface area contributed by atoms with Crippen molar-refractivity contribution in [1.82, 2.24) is 0 Å². The van der Waals surface area contributed by atoms with Gasteiger partial charge in [0.2, 0.25) is 0 Å². The minimum atomic E-state index is -1.48. The Morgan fingerprint density at radius 3 is 2.52 bits per heavy atom. The molecule has 3 saturated carbocycles. The van der Waals surface area contributed by atoms with E-state index in [0.29, 0.717) is 32.1 Å². The Morgan fingerprint density at radius 2 is 1.88 bits per heavy atom. The van der Waals surface area contributed by atoms with E-state index in [1.807, 2.05) is 20.8 Å². The van der Waals surface area contributed by atoms with E-state index in [9.17, 15) is 19.5 Å². The van der Waals surface area contributed by atoms with Crippen LogP contribution in [-0.2, 0) is 19.1 Å². The summed E-state index contributed by atoms with van der Waals surface area (Å²) < 4.78 is 23.2. The van der Waals surface area contributed by atoms with Crippen molar-refractivity contribution in [2.24, 2.45) is 34.5 Å². The minimum Gasteiger partial charge on any atom is -0.450 e. The standard InChI is InChI=1S/C26H36ClFO5/c1-15-11-20-19-12-16(2)26(21(31)14-27,33-22(32)6-10-29)24(19,4)8-9-25(20,28)23(3)7-5-17(30)13-18(15)23/h13,15-16,19-20,29H,5-12,14H2,1-4H3/t15-,16-,19-,20-,23-,24-,25+,26-/m0/s1. The second-order valence-electron chi connectivity index (χ2n) is 11.4. The SMILES string of the molecule is C[C@H]1C[C@H]2[C@@H]3C[C@H](C)[C@](OC(=O)CCO)(C(=O)CCl)[C@@]3(C)CC[C@]2(F)[C@@]2(C)CCC(=O)C=C12. The van der Waals surface area contributed by atoms with Crippen LogP contribution >= 0.6 is 11.6 Å². The normalized spacial score (nSPS) is 46.6. The topological polar surface area (TPSA) is 80.7 Å². The molecule has 0 heterocycles. The number of ketones is 2. The lowest BCUT2D eigenvalue weighted by atomic mass is 9.43. The van der Waals surface area contributed by atoms with Crippen molar-refractivity contribution in [3.05, 3.63) is 11.6 Å². The number of alkyl halides is 2. The zero-order valence-corrected chi connectivity index (χ0v) is 20.8. The first kappa shape index (κ1) is 24.8. The van der Waals surface area contributed by atoms with E-state index in [-0.39, 0.29) is 60.6 Å². The summed E-state index contributed by atoms with van der Waals surface area (Å²) in [4.78, 5) is 38.1. The third-order valence-electron chi connectivity index (χ3n) is 10.1. The van der Waals surface area contributed by atoms with Crippen LogP contribution < -0.4 is 0 Å². The quantitative estimate of drug-likeness (QED) is 0.458. The maximum Gasteiger partial charge on any atom is 0.309 e. The third-order valence-corrected chi connectivity index (χ3v) is 10.3. The van der Waals surface area contributed by atoms with Gasteiger partial charge < -0.3 is 9.84 Å². The third kappa shape index (κ3) is 3.15. The molecule has 0 unspecified atom stereocenters. The Morgan fingerprint density at radius 1 is 1.18 bits per heavy atom. The van der Waals surface area contributed by atoms with E-state index in [1.165, 1.54) is 0 Å². The number of aliphatic hydroxyl groups is 1. The van der Waals surface area contributed by atoms with Crippen molar-refractivity contribution in [2.45, 2.75) is 83.9 Å². The van der Waals surface area contributed by atoms with Crippen LogP contribution in [0.2, 0.25) is 0 Å². The van der Waals surface area contributed by atoms with Gasteiger partial charge >= 0.3 is 5.97 Å². The molecule has 0 aromatic carbocycles. The highest BCUT2D eigenvalue weighted by atomic mass is 35.5. The molecule has 33 heavy (non-hydrogen) atoms. The molecule has 0 aliphatic heterocycles. The van der Waals surface area contributed by atoms with Gasteiger partial charge in [0, 0.05) is 23.2 Å². The number of Topliss-reactive ketones (excluding diaryl/α,β-unsaturated/α-hetero) is 1. The average molecular weight is 483 g/mol. The van der Waals surface area contributed by atoms with Crippen LogP contribution in [0.1, 0.15) is 72.6 Å². The Hall–Kier alpha value is -1.27. The van der Waals surface area contributed by atoms with E-state index in [1.54, 1.807) is 6.08 Å². The van der Waals surface area contributed by atoms with Crippen LogP contribution in [0.3, 0.4) is 0 Å². The first-order valence-corrected chi connectivity index (χ1v) is 12.8. The van der Waals surface area contributed by atoms with Gasteiger partial charge in [0.1, 0.15) is 5.67 Å². The number of hydrogen-bond donors (Lipinski definition) is 1. The summed E-state index contributed by atoms with van der Waals surface area (Å²) in [6, 6.07) is 0. The molecule has 0 saturated heterocycles. The van der Waals surface area contributed by atoms with Crippen LogP contribution in [0.25, 0.3) is 0 Å². The molecule has 5 nitrogen and oxygen atoms in total. The van der Waals surface area contributed by atoms with Crippen LogP contribution in [-0.4, -0.2) is 46.4 Å². The number of carbonyl (C=O) groups excluding carboxylic acids is 3. The summed E-state index contributed by atoms with van der Waals surface area (Å²) in [6.07, 6.45) is 4.18. The molecule has 8 atom stereocenters. The van der Waals surface area contributed by atoms with E-state index >= 15 is 4.39 Å². The summed E-state index contributed by atoms with van der Waals surface area (Å²) in [7, 11) is 0. The Bertz CT molecular complexity index is 903. The van der Waals surface area contributed by atoms with Gasteiger partial charge in [0.25, 0.3) is 0 Å². The van der Waals surface area contributed by atoms with Crippen molar-refractivity contribution in [3.8, 4) is 0 Å². The smallest absolute Gasteiger partial charge is 0.309 e. The Balaban J connectivity index is 1.80. The molecule has 0 amide bonds. The average Bonchev–Trinajstić information content (AvgIpc) is 2.98. The van der Waals surface area contributed by atoms with Crippen molar-refractivity contribution in [1.29, 1.82) is 0 Å². The van der Waals surface area contributed by atoms with Gasteiger partial charge in [0.05, 0.1) is 18.9 Å². The predicted molar refractivity (Wildman–Crippen MR) is 122 cm³/mol. The zero-order chi connectivity index (χ0) is 24.4. The van der Waals surface area contributed by atoms with Gasteiger partial charge in [-0.3, -0.25) is 14.4 Å². The summed E-state index contributed by atoms with van der Waals surface area (Å²) in [5.41, 5.74) is -3.42. The highest BCUT2D eigenvalue weighted by molar-refractivity contribution is 6.29. The second kappa shape index (κ2) is 8.15. The number of allylic oxidation sites excluding steroid dienone is 1. The van der Waals surface area contributed by atoms with Crippen molar-refractivity contribution in [3.63, 3.8) is 0 Å². The van der Waals surface area contributed by atoms with Gasteiger partial charge in [0.15, 0.2) is 17.2 Å². The molecule has 0 radical (unpaired) electrons. The molecular weight excluding hydrogens is 447 g/mol. The maximum atomic E-state index is 17.3. The number of fused-ring (bicyclic) bond motifs is 5. The highest BCUT2D eigenvalue weighted by Gasteiger charge is 2.75. The van der Waals surface area contributed by atoms with E-state index in [2.05, 4.69) is 6.92 Å². The Kier molecular flexibility index (Phi) is 6.14. The molecule has 7 heteroatoms. The van der Waals surface area contributed by atoms with Crippen molar-refractivity contribution < 1.29 is 28.6 Å². The van der Waals surface area contributed by atoms with Gasteiger partial charge in [-0.1, -0.05) is 33.3 Å². The molecule has 4 aliphatic carbocycles. The number of ether oxygens (including phenoxy) is 1. The number of hydrogen-bond acceptors (Lipinski definition) is 5. The van der Waals surface area contributed by atoms with Crippen LogP contribution in [0.5, 0.6) is 0 Å². The van der Waals surface area contributed by atoms with Gasteiger partial charge in [-0.25, -0.2) is 4.39 Å². The molecular formula is C26H36ClFO5. The molecule has 0 bridgehead atoms. The molecule has 1 N–H and O–H groups in total. The number of halogens is 2. The van der Waals surface area contributed by atoms with Crippen molar-refractivity contribution in [2.75, 3.05) is 12.5 Å². The number of aliphatic hydroxyl groups excluding tert-OH is 1. The lowest BCUT2D eigenvalue weighted by Crippen LogP contribution is -2.66. The molecule has 184 valence electrons. The maximum absolute atomic E-state index is 17.3. The first-order valence-electron chi connectivity index (χ1n) is 12.3. The highest BCUT2D eigenvalue weighted by Crippen LogP contribution is 2.72. The van der Waals surface area contributed by atoms with E-state index in [4.69, 9.17) is 16.3 Å². The largest absolute Gasteiger partial charge is 0.450 e. The van der Waals surface area contributed by atoms with Crippen molar-refractivity contribution >= 4 is 29.1 Å². The molecule has 0 spiro atoms. The van der Waals surface area contributed by atoms with E-state index in [0.717, 1.165) is 5.57 Å². The summed E-state index contributed by atoms with van der Waals surface area (Å²) in [6.45, 7) is 7.57. The van der Waals surface area contributed by atoms with E-state index < -0.39 is 28.1 Å². The number of carbonyl (C=O) groups is 3. The monoisotopic (exact) mass is 482 g/mol. The number of esters is 1. The lowest BCUT2D eigenvalue weighted by molar-refractivity contribution is -0.206. The Labute approximate surface area is 200 Å². The van der Waals surface area contributed by atoms with Gasteiger partial charge in [-0.15, -0.1) is 11.6 Å². The predicted octanol–water partition coefficient (Wildman–Crippen LogP) is 4.57. The number of rotatable bonds is 5. The van der Waals surface area contributed by atoms with Crippen LogP contribution in [0, 0.1) is 34.5 Å².